The quantitative estimate of drug-likeness (QED) is 0.901. The van der Waals surface area contributed by atoms with Gasteiger partial charge in [-0.1, -0.05) is 17.7 Å². The van der Waals surface area contributed by atoms with Crippen molar-refractivity contribution in [3.05, 3.63) is 47.5 Å². The zero-order chi connectivity index (χ0) is 13.0. The summed E-state index contributed by atoms with van der Waals surface area (Å²) in [5, 5.41) is 3.95. The third kappa shape index (κ3) is 2.87. The second-order valence-electron chi connectivity index (χ2n) is 3.71. The summed E-state index contributed by atoms with van der Waals surface area (Å²) >= 11 is 5.93. The molecule has 0 aliphatic rings. The molecule has 1 N–H and O–H groups in total. The average molecular weight is 264 g/mol. The van der Waals surface area contributed by atoms with Crippen LogP contribution in [0.1, 0.15) is 0 Å². The number of methoxy groups -OCH3 is 2. The lowest BCUT2D eigenvalue weighted by Crippen LogP contribution is -1.94. The van der Waals surface area contributed by atoms with E-state index >= 15 is 0 Å². The van der Waals surface area contributed by atoms with Gasteiger partial charge in [0.05, 0.1) is 14.2 Å². The number of rotatable bonds is 4. The minimum absolute atomic E-state index is 0.685. The first kappa shape index (κ1) is 12.6. The van der Waals surface area contributed by atoms with Crippen LogP contribution in [0.2, 0.25) is 5.02 Å². The van der Waals surface area contributed by atoms with Crippen LogP contribution in [0.25, 0.3) is 0 Å². The van der Waals surface area contributed by atoms with Crippen LogP contribution >= 0.6 is 11.6 Å². The molecule has 0 radical (unpaired) electrons. The Morgan fingerprint density at radius 2 is 1.61 bits per heavy atom. The molecule has 0 saturated heterocycles. The van der Waals surface area contributed by atoms with E-state index in [0.29, 0.717) is 16.5 Å². The van der Waals surface area contributed by atoms with Gasteiger partial charge in [0.2, 0.25) is 0 Å². The fraction of sp³-hybridized carbons (Fsp3) is 0.143. The summed E-state index contributed by atoms with van der Waals surface area (Å²) in [4.78, 5) is 0. The number of nitrogens with one attached hydrogen (secondary N) is 1. The van der Waals surface area contributed by atoms with Crippen molar-refractivity contribution in [3.8, 4) is 11.5 Å². The van der Waals surface area contributed by atoms with Gasteiger partial charge in [0.25, 0.3) is 0 Å². The van der Waals surface area contributed by atoms with Crippen LogP contribution in [0, 0.1) is 0 Å². The first-order valence-electron chi connectivity index (χ1n) is 5.47. The molecule has 0 spiro atoms. The highest BCUT2D eigenvalue weighted by Crippen LogP contribution is 2.31. The van der Waals surface area contributed by atoms with Crippen molar-refractivity contribution < 1.29 is 9.47 Å². The second-order valence-corrected chi connectivity index (χ2v) is 4.14. The van der Waals surface area contributed by atoms with E-state index in [1.165, 1.54) is 0 Å². The molecule has 0 atom stereocenters. The summed E-state index contributed by atoms with van der Waals surface area (Å²) in [6, 6.07) is 13.2. The van der Waals surface area contributed by atoms with Crippen LogP contribution in [-0.4, -0.2) is 14.2 Å². The molecule has 0 saturated carbocycles. The molecular weight excluding hydrogens is 250 g/mol. The number of halogens is 1. The molecule has 2 rings (SSSR count). The molecule has 4 heteroatoms. The highest BCUT2D eigenvalue weighted by Gasteiger charge is 2.04. The summed E-state index contributed by atoms with van der Waals surface area (Å²) in [5.41, 5.74) is 1.84. The largest absolute Gasteiger partial charge is 0.493 e. The van der Waals surface area contributed by atoms with Gasteiger partial charge in [0.15, 0.2) is 11.5 Å². The van der Waals surface area contributed by atoms with E-state index in [4.69, 9.17) is 21.1 Å². The molecular formula is C14H14ClNO2. The lowest BCUT2D eigenvalue weighted by molar-refractivity contribution is 0.355. The van der Waals surface area contributed by atoms with Gasteiger partial charge >= 0.3 is 0 Å². The Morgan fingerprint density at radius 1 is 0.889 bits per heavy atom. The van der Waals surface area contributed by atoms with Gasteiger partial charge < -0.3 is 14.8 Å². The van der Waals surface area contributed by atoms with E-state index in [9.17, 15) is 0 Å². The Balaban J connectivity index is 2.24. The third-order valence-electron chi connectivity index (χ3n) is 2.50. The van der Waals surface area contributed by atoms with Gasteiger partial charge in [0.1, 0.15) is 0 Å². The maximum absolute atomic E-state index is 5.93. The monoisotopic (exact) mass is 263 g/mol. The minimum Gasteiger partial charge on any atom is -0.493 e. The molecule has 0 amide bonds. The molecule has 94 valence electrons. The van der Waals surface area contributed by atoms with E-state index < -0.39 is 0 Å². The summed E-state index contributed by atoms with van der Waals surface area (Å²) in [6.45, 7) is 0. The molecule has 0 aromatic heterocycles. The highest BCUT2D eigenvalue weighted by molar-refractivity contribution is 6.30. The lowest BCUT2D eigenvalue weighted by Gasteiger charge is -2.11. The molecule has 0 aliphatic carbocycles. The normalized spacial score (nSPS) is 9.94. The van der Waals surface area contributed by atoms with Crippen LogP contribution < -0.4 is 14.8 Å². The van der Waals surface area contributed by atoms with E-state index in [-0.39, 0.29) is 0 Å². The predicted molar refractivity (Wildman–Crippen MR) is 74.3 cm³/mol. The van der Waals surface area contributed by atoms with E-state index in [2.05, 4.69) is 5.32 Å². The summed E-state index contributed by atoms with van der Waals surface area (Å²) in [5.74, 6) is 1.39. The number of anilines is 2. The van der Waals surface area contributed by atoms with E-state index in [0.717, 1.165) is 11.4 Å². The Hall–Kier alpha value is -1.87. The second kappa shape index (κ2) is 5.65. The van der Waals surface area contributed by atoms with Crippen molar-refractivity contribution in [3.63, 3.8) is 0 Å². The van der Waals surface area contributed by atoms with Crippen molar-refractivity contribution in [1.82, 2.24) is 0 Å². The van der Waals surface area contributed by atoms with Crippen molar-refractivity contribution >= 4 is 23.0 Å². The molecule has 0 fully saturated rings. The zero-order valence-electron chi connectivity index (χ0n) is 10.2. The Bertz CT molecular complexity index is 543. The maximum Gasteiger partial charge on any atom is 0.162 e. The SMILES string of the molecule is COc1ccc(Nc2cccc(Cl)c2)cc1OC. The number of ether oxygens (including phenoxy) is 2. The fourth-order valence-corrected chi connectivity index (χ4v) is 1.84. The third-order valence-corrected chi connectivity index (χ3v) is 2.73. The van der Waals surface area contributed by atoms with Crippen LogP contribution in [0.5, 0.6) is 11.5 Å². The lowest BCUT2D eigenvalue weighted by atomic mass is 10.2. The fourth-order valence-electron chi connectivity index (χ4n) is 1.65. The van der Waals surface area contributed by atoms with Gasteiger partial charge in [-0.15, -0.1) is 0 Å². The van der Waals surface area contributed by atoms with Gasteiger partial charge in [-0.05, 0) is 30.3 Å². The first-order chi connectivity index (χ1) is 8.72. The van der Waals surface area contributed by atoms with Crippen molar-refractivity contribution in [2.45, 2.75) is 0 Å². The van der Waals surface area contributed by atoms with Crippen LogP contribution in [0.4, 0.5) is 11.4 Å². The molecule has 2 aromatic rings. The highest BCUT2D eigenvalue weighted by atomic mass is 35.5. The summed E-state index contributed by atoms with van der Waals surface area (Å²) < 4.78 is 10.4. The molecule has 2 aromatic carbocycles. The topological polar surface area (TPSA) is 30.5 Å². The Kier molecular flexibility index (Phi) is 3.95. The summed E-state index contributed by atoms with van der Waals surface area (Å²) in [7, 11) is 3.23. The predicted octanol–water partition coefficient (Wildman–Crippen LogP) is 4.10. The van der Waals surface area contributed by atoms with Crippen LogP contribution in [0.3, 0.4) is 0 Å². The van der Waals surface area contributed by atoms with Crippen molar-refractivity contribution in [2.24, 2.45) is 0 Å². The summed E-state index contributed by atoms with van der Waals surface area (Å²) in [6.07, 6.45) is 0. The van der Waals surface area contributed by atoms with Gasteiger partial charge in [0, 0.05) is 22.5 Å². The number of hydrogen-bond acceptors (Lipinski definition) is 3. The molecule has 0 unspecified atom stereocenters. The van der Waals surface area contributed by atoms with Crippen LogP contribution in [-0.2, 0) is 0 Å². The molecule has 0 aliphatic heterocycles. The molecule has 18 heavy (non-hydrogen) atoms. The standard InChI is InChI=1S/C14H14ClNO2/c1-17-13-7-6-12(9-14(13)18-2)16-11-5-3-4-10(15)8-11/h3-9,16H,1-2H3. The molecule has 3 nitrogen and oxygen atoms in total. The molecule has 0 heterocycles. The van der Waals surface area contributed by atoms with Gasteiger partial charge in [-0.2, -0.15) is 0 Å². The number of benzene rings is 2. The first-order valence-corrected chi connectivity index (χ1v) is 5.85. The smallest absolute Gasteiger partial charge is 0.162 e. The maximum atomic E-state index is 5.93. The van der Waals surface area contributed by atoms with E-state index in [1.54, 1.807) is 14.2 Å². The number of hydrogen-bond donors (Lipinski definition) is 1. The van der Waals surface area contributed by atoms with Crippen molar-refractivity contribution in [1.29, 1.82) is 0 Å². The molecule has 0 bridgehead atoms. The zero-order valence-corrected chi connectivity index (χ0v) is 11.0. The minimum atomic E-state index is 0.685. The van der Waals surface area contributed by atoms with Gasteiger partial charge in [-0.25, -0.2) is 0 Å². The van der Waals surface area contributed by atoms with E-state index in [1.807, 2.05) is 42.5 Å². The van der Waals surface area contributed by atoms with Crippen molar-refractivity contribution in [2.75, 3.05) is 19.5 Å². The van der Waals surface area contributed by atoms with Crippen LogP contribution in [0.15, 0.2) is 42.5 Å². The van der Waals surface area contributed by atoms with Gasteiger partial charge in [-0.3, -0.25) is 0 Å². The average Bonchev–Trinajstić information content (AvgIpc) is 2.38. The Labute approximate surface area is 111 Å². The Morgan fingerprint density at radius 3 is 2.28 bits per heavy atom.